The molecule has 1 saturated heterocycles. The lowest BCUT2D eigenvalue weighted by atomic mass is 9.98. The Kier molecular flexibility index (Phi) is 5.87. The summed E-state index contributed by atoms with van der Waals surface area (Å²) in [6, 6.07) is 16.1. The summed E-state index contributed by atoms with van der Waals surface area (Å²) < 4.78 is 5.42. The Morgan fingerprint density at radius 1 is 1.12 bits per heavy atom. The van der Waals surface area contributed by atoms with E-state index in [1.807, 2.05) is 36.4 Å². The molecule has 7 heteroatoms. The monoisotopic (exact) mass is 432 g/mol. The molecule has 1 fully saturated rings. The number of benzene rings is 2. The summed E-state index contributed by atoms with van der Waals surface area (Å²) in [7, 11) is 0. The molecule has 0 spiro atoms. The molecular weight excluding hydrogens is 408 g/mol. The van der Waals surface area contributed by atoms with Crippen LogP contribution in [0.5, 0.6) is 0 Å². The molecule has 0 bridgehead atoms. The molecule has 1 aliphatic heterocycles. The minimum atomic E-state index is -1.23. The first-order valence-electron chi connectivity index (χ1n) is 10.5. The highest BCUT2D eigenvalue weighted by molar-refractivity contribution is 5.97. The third-order valence-electron chi connectivity index (χ3n) is 6.21. The Hall–Kier alpha value is -3.79. The van der Waals surface area contributed by atoms with Gasteiger partial charge in [0, 0.05) is 12.5 Å². The summed E-state index contributed by atoms with van der Waals surface area (Å²) >= 11 is 0. The van der Waals surface area contributed by atoms with E-state index in [1.165, 1.54) is 11.8 Å². The van der Waals surface area contributed by atoms with Gasteiger partial charge in [0.2, 0.25) is 0 Å². The average molecular weight is 432 g/mol. The number of fused-ring (bicyclic) bond motifs is 3. The summed E-state index contributed by atoms with van der Waals surface area (Å²) in [4.78, 5) is 37.2. The second-order valence-corrected chi connectivity index (χ2v) is 8.12. The highest BCUT2D eigenvalue weighted by Gasteiger charge is 2.45. The van der Waals surface area contributed by atoms with Crippen LogP contribution >= 0.6 is 0 Å². The fourth-order valence-electron chi connectivity index (χ4n) is 4.46. The van der Waals surface area contributed by atoms with Crippen molar-refractivity contribution in [1.29, 1.82) is 0 Å². The molecule has 2 aromatic carbocycles. The fourth-order valence-corrected chi connectivity index (χ4v) is 4.46. The van der Waals surface area contributed by atoms with E-state index in [1.54, 1.807) is 0 Å². The molecule has 2 aliphatic rings. The number of nitrogens with zero attached hydrogens (tertiary/aromatic N) is 1. The Morgan fingerprint density at radius 3 is 2.38 bits per heavy atom. The number of carbonyl (C=O) groups is 3. The molecule has 0 radical (unpaired) electrons. The molecule has 7 nitrogen and oxygen atoms in total. The third kappa shape index (κ3) is 3.92. The number of nitrogens with one attached hydrogen (secondary N) is 1. The molecule has 2 N–H and O–H groups in total. The van der Waals surface area contributed by atoms with Gasteiger partial charge in [-0.1, -0.05) is 54.5 Å². The Morgan fingerprint density at radius 2 is 1.75 bits per heavy atom. The molecule has 0 aromatic heterocycles. The van der Waals surface area contributed by atoms with Crippen LogP contribution in [0.2, 0.25) is 0 Å². The number of hydrogen-bond donors (Lipinski definition) is 2. The van der Waals surface area contributed by atoms with Crippen LogP contribution < -0.4 is 5.32 Å². The van der Waals surface area contributed by atoms with Crippen LogP contribution in [0, 0.1) is 11.8 Å². The number of hydrogen-bond acceptors (Lipinski definition) is 4. The normalized spacial score (nSPS) is 18.8. The van der Waals surface area contributed by atoms with Crippen molar-refractivity contribution in [2.75, 3.05) is 19.7 Å². The number of carboxylic acids is 1. The van der Waals surface area contributed by atoms with Crippen molar-refractivity contribution < 1.29 is 24.2 Å². The Labute approximate surface area is 186 Å². The average Bonchev–Trinajstić information content (AvgIpc) is 3.34. The van der Waals surface area contributed by atoms with Crippen LogP contribution in [0.4, 0.5) is 4.79 Å². The topological polar surface area (TPSA) is 95.9 Å². The van der Waals surface area contributed by atoms with Crippen molar-refractivity contribution in [3.63, 3.8) is 0 Å². The van der Waals surface area contributed by atoms with Gasteiger partial charge in [-0.25, -0.2) is 9.59 Å². The minimum Gasteiger partial charge on any atom is -0.480 e. The van der Waals surface area contributed by atoms with Gasteiger partial charge in [-0.05, 0) is 47.9 Å². The van der Waals surface area contributed by atoms with E-state index in [0.717, 1.165) is 22.3 Å². The fraction of sp³-hybridized carbons (Fsp3) is 0.320. The highest BCUT2D eigenvalue weighted by atomic mass is 16.5. The van der Waals surface area contributed by atoms with Crippen molar-refractivity contribution >= 4 is 18.0 Å². The summed E-state index contributed by atoms with van der Waals surface area (Å²) in [5.74, 6) is 3.37. The molecule has 1 heterocycles. The van der Waals surface area contributed by atoms with E-state index in [4.69, 9.17) is 4.74 Å². The van der Waals surface area contributed by atoms with Gasteiger partial charge < -0.3 is 20.1 Å². The maximum absolute atomic E-state index is 12.3. The van der Waals surface area contributed by atoms with E-state index in [-0.39, 0.29) is 19.1 Å². The number of ether oxygens (including phenoxy) is 1. The van der Waals surface area contributed by atoms with Crippen LogP contribution in [0.15, 0.2) is 48.5 Å². The minimum absolute atomic E-state index is 0.0373. The van der Waals surface area contributed by atoms with Crippen molar-refractivity contribution in [3.8, 4) is 23.0 Å². The number of alkyl carbamates (subject to hydrolysis) is 1. The first-order chi connectivity index (χ1) is 15.4. The van der Waals surface area contributed by atoms with Crippen LogP contribution in [0.3, 0.4) is 0 Å². The predicted molar refractivity (Wildman–Crippen MR) is 118 cm³/mol. The van der Waals surface area contributed by atoms with E-state index in [2.05, 4.69) is 29.3 Å². The standard InChI is InChI=1S/C25H24N2O5/c1-25(23(29)30)13-7-15-27(25)22(28)12-6-14-26-24(31)32-16-21-19-10-4-2-8-17(19)18-9-3-5-11-20(18)21/h2-5,8-11,21H,7,13-16H2,1H3,(H,26,31)(H,29,30)/t25-/m0/s1. The molecule has 32 heavy (non-hydrogen) atoms. The Balaban J connectivity index is 1.31. The quantitative estimate of drug-likeness (QED) is 0.724. The van der Waals surface area contributed by atoms with Gasteiger partial charge in [0.15, 0.2) is 0 Å². The zero-order chi connectivity index (χ0) is 22.7. The molecule has 0 saturated carbocycles. The lowest BCUT2D eigenvalue weighted by Crippen LogP contribution is -2.50. The lowest BCUT2D eigenvalue weighted by Gasteiger charge is -2.29. The second kappa shape index (κ2) is 8.75. The van der Waals surface area contributed by atoms with E-state index in [9.17, 15) is 19.5 Å². The maximum Gasteiger partial charge on any atom is 0.407 e. The summed E-state index contributed by atoms with van der Waals surface area (Å²) in [6.07, 6.45) is 0.396. The van der Waals surface area contributed by atoms with Gasteiger partial charge in [-0.15, -0.1) is 0 Å². The first kappa shape index (κ1) is 21.4. The second-order valence-electron chi connectivity index (χ2n) is 8.12. The zero-order valence-corrected chi connectivity index (χ0v) is 17.8. The number of likely N-dealkylation sites (tertiary alicyclic amines) is 1. The van der Waals surface area contributed by atoms with Crippen LogP contribution in [0.1, 0.15) is 36.8 Å². The molecule has 4 rings (SSSR count). The molecule has 1 aliphatic carbocycles. The Bertz CT molecular complexity index is 1090. The van der Waals surface area contributed by atoms with Crippen LogP contribution in [0.25, 0.3) is 11.1 Å². The molecule has 0 unspecified atom stereocenters. The molecular formula is C25H24N2O5. The van der Waals surface area contributed by atoms with Crippen LogP contribution in [-0.2, 0) is 14.3 Å². The van der Waals surface area contributed by atoms with Crippen molar-refractivity contribution in [2.45, 2.75) is 31.2 Å². The largest absolute Gasteiger partial charge is 0.480 e. The van der Waals surface area contributed by atoms with Gasteiger partial charge in [0.25, 0.3) is 5.91 Å². The van der Waals surface area contributed by atoms with Gasteiger partial charge in [0.1, 0.15) is 12.1 Å². The lowest BCUT2D eigenvalue weighted by molar-refractivity contribution is -0.153. The molecule has 1 atom stereocenters. The van der Waals surface area contributed by atoms with Crippen molar-refractivity contribution in [2.24, 2.45) is 0 Å². The number of aliphatic carboxylic acids is 1. The third-order valence-corrected chi connectivity index (χ3v) is 6.21. The van der Waals surface area contributed by atoms with Crippen molar-refractivity contribution in [1.82, 2.24) is 10.2 Å². The SMILES string of the molecule is C[C@@]1(C(=O)O)CCCN1C(=O)C#CCNC(=O)OCC1c2ccccc2-c2ccccc21. The summed E-state index contributed by atoms with van der Waals surface area (Å²) in [5, 5.41) is 11.9. The smallest absolute Gasteiger partial charge is 0.407 e. The van der Waals surface area contributed by atoms with Gasteiger partial charge >= 0.3 is 12.1 Å². The maximum atomic E-state index is 12.3. The summed E-state index contributed by atoms with van der Waals surface area (Å²) in [6.45, 7) is 2.00. The van der Waals surface area contributed by atoms with Gasteiger partial charge in [0.05, 0.1) is 6.54 Å². The first-order valence-corrected chi connectivity index (χ1v) is 10.5. The number of amides is 2. The van der Waals surface area contributed by atoms with Crippen molar-refractivity contribution in [3.05, 3.63) is 59.7 Å². The zero-order valence-electron chi connectivity index (χ0n) is 17.8. The summed E-state index contributed by atoms with van der Waals surface area (Å²) in [5.41, 5.74) is 3.32. The number of carbonyl (C=O) groups excluding carboxylic acids is 2. The molecule has 164 valence electrons. The predicted octanol–water partition coefficient (Wildman–Crippen LogP) is 2.99. The van der Waals surface area contributed by atoms with E-state index >= 15 is 0 Å². The number of carboxylic acid groups (broad SMARTS) is 1. The van der Waals surface area contributed by atoms with Crippen LogP contribution in [-0.4, -0.2) is 53.2 Å². The van der Waals surface area contributed by atoms with Gasteiger partial charge in [-0.3, -0.25) is 4.79 Å². The molecule has 2 amide bonds. The van der Waals surface area contributed by atoms with E-state index < -0.39 is 23.5 Å². The highest BCUT2D eigenvalue weighted by Crippen LogP contribution is 2.44. The van der Waals surface area contributed by atoms with E-state index in [0.29, 0.717) is 19.4 Å². The number of rotatable bonds is 4. The molecule has 2 aromatic rings. The van der Waals surface area contributed by atoms with Gasteiger partial charge in [-0.2, -0.15) is 0 Å².